The first-order valence-electron chi connectivity index (χ1n) is 12.4. The van der Waals surface area contributed by atoms with Gasteiger partial charge in [0.15, 0.2) is 0 Å². The quantitative estimate of drug-likeness (QED) is 0.297. The molecule has 0 N–H and O–H groups in total. The van der Waals surface area contributed by atoms with E-state index in [1.54, 1.807) is 16.9 Å². The zero-order valence-corrected chi connectivity index (χ0v) is 20.9. The third-order valence-corrected chi connectivity index (χ3v) is 6.27. The van der Waals surface area contributed by atoms with Gasteiger partial charge < -0.3 is 9.32 Å². The molecule has 6 nitrogen and oxygen atoms in total. The molecule has 0 fully saturated rings. The van der Waals surface area contributed by atoms with Gasteiger partial charge in [0.25, 0.3) is 5.56 Å². The average molecular weight is 472 g/mol. The minimum Gasteiger partial charge on any atom is -0.467 e. The van der Waals surface area contributed by atoms with E-state index < -0.39 is 6.04 Å². The normalized spacial score (nSPS) is 12.3. The smallest absolute Gasteiger partial charge is 0.266 e. The van der Waals surface area contributed by atoms with Crippen molar-refractivity contribution in [3.8, 4) is 5.69 Å². The Morgan fingerprint density at radius 3 is 2.40 bits per heavy atom. The number of hydrogen-bond donors (Lipinski definition) is 0. The van der Waals surface area contributed by atoms with Gasteiger partial charge in [-0.25, -0.2) is 4.98 Å². The van der Waals surface area contributed by atoms with Crippen molar-refractivity contribution in [2.24, 2.45) is 5.92 Å². The Morgan fingerprint density at radius 1 is 1.03 bits per heavy atom. The number of rotatable bonds is 9. The molecule has 2 heterocycles. The van der Waals surface area contributed by atoms with Crippen molar-refractivity contribution in [2.45, 2.75) is 59.5 Å². The number of carbonyl (C=O) groups excluding carboxylic acids is 1. The first kappa shape index (κ1) is 24.5. The van der Waals surface area contributed by atoms with Crippen molar-refractivity contribution < 1.29 is 9.21 Å². The molecular formula is C29H33N3O3. The van der Waals surface area contributed by atoms with E-state index >= 15 is 0 Å². The van der Waals surface area contributed by atoms with Gasteiger partial charge in [-0.15, -0.1) is 0 Å². The molecule has 1 atom stereocenters. The summed E-state index contributed by atoms with van der Waals surface area (Å²) in [5, 5.41) is 0.553. The van der Waals surface area contributed by atoms with Crippen LogP contribution in [0.15, 0.2) is 76.1 Å². The highest BCUT2D eigenvalue weighted by atomic mass is 16.3. The third-order valence-electron chi connectivity index (χ3n) is 6.27. The van der Waals surface area contributed by atoms with Gasteiger partial charge in [0.05, 0.1) is 35.4 Å². The molecule has 182 valence electrons. The molecule has 0 aliphatic carbocycles. The largest absolute Gasteiger partial charge is 0.467 e. The van der Waals surface area contributed by atoms with E-state index in [9.17, 15) is 9.59 Å². The van der Waals surface area contributed by atoms with Gasteiger partial charge in [0.1, 0.15) is 11.6 Å². The van der Waals surface area contributed by atoms with Gasteiger partial charge in [-0.05, 0) is 60.7 Å². The summed E-state index contributed by atoms with van der Waals surface area (Å²) in [5.41, 5.74) is 2.42. The van der Waals surface area contributed by atoms with Crippen molar-refractivity contribution in [3.05, 3.63) is 94.4 Å². The molecular weight excluding hydrogens is 438 g/mol. The SMILES string of the molecule is CCc1ccc(-n2c(C(CC)N(Cc3ccco3)C(=O)CC(C)C)nc3ccccc3c2=O)cc1. The molecule has 0 aliphatic heterocycles. The molecule has 0 saturated heterocycles. The Balaban J connectivity index is 1.92. The van der Waals surface area contributed by atoms with Crippen LogP contribution in [0, 0.1) is 5.92 Å². The van der Waals surface area contributed by atoms with E-state index in [1.165, 1.54) is 5.56 Å². The fourth-order valence-electron chi connectivity index (χ4n) is 4.46. The molecule has 35 heavy (non-hydrogen) atoms. The Bertz CT molecular complexity index is 1340. The average Bonchev–Trinajstić information content (AvgIpc) is 3.37. The van der Waals surface area contributed by atoms with Gasteiger partial charge in [-0.3, -0.25) is 14.2 Å². The predicted molar refractivity (Wildman–Crippen MR) is 138 cm³/mol. The fourth-order valence-corrected chi connectivity index (χ4v) is 4.46. The topological polar surface area (TPSA) is 68.3 Å². The molecule has 4 rings (SSSR count). The van der Waals surface area contributed by atoms with Crippen LogP contribution in [0.2, 0.25) is 0 Å². The lowest BCUT2D eigenvalue weighted by Crippen LogP contribution is -2.38. The molecule has 0 bridgehead atoms. The van der Waals surface area contributed by atoms with E-state index in [0.717, 1.165) is 12.1 Å². The summed E-state index contributed by atoms with van der Waals surface area (Å²) in [4.78, 5) is 34.1. The predicted octanol–water partition coefficient (Wildman–Crippen LogP) is 6.07. The lowest BCUT2D eigenvalue weighted by atomic mass is 10.1. The van der Waals surface area contributed by atoms with Crippen molar-refractivity contribution in [2.75, 3.05) is 0 Å². The zero-order valence-electron chi connectivity index (χ0n) is 20.9. The molecule has 4 aromatic rings. The highest BCUT2D eigenvalue weighted by Gasteiger charge is 2.30. The minimum atomic E-state index is -0.408. The number of para-hydroxylation sites is 1. The molecule has 0 aliphatic rings. The van der Waals surface area contributed by atoms with Gasteiger partial charge >= 0.3 is 0 Å². The molecule has 2 aromatic heterocycles. The maximum absolute atomic E-state index is 13.8. The molecule has 2 aromatic carbocycles. The van der Waals surface area contributed by atoms with Crippen LogP contribution in [-0.2, 0) is 17.8 Å². The molecule has 6 heteroatoms. The second-order valence-electron chi connectivity index (χ2n) is 9.27. The van der Waals surface area contributed by atoms with Crippen molar-refractivity contribution in [3.63, 3.8) is 0 Å². The van der Waals surface area contributed by atoms with E-state index in [2.05, 4.69) is 6.92 Å². The van der Waals surface area contributed by atoms with Crippen LogP contribution < -0.4 is 5.56 Å². The summed E-state index contributed by atoms with van der Waals surface area (Å²) in [7, 11) is 0. The highest BCUT2D eigenvalue weighted by molar-refractivity contribution is 5.79. The first-order chi connectivity index (χ1) is 16.9. The van der Waals surface area contributed by atoms with Crippen LogP contribution in [-0.4, -0.2) is 20.4 Å². The number of furan rings is 1. The number of aryl methyl sites for hydroxylation is 1. The van der Waals surface area contributed by atoms with Gasteiger partial charge in [-0.2, -0.15) is 0 Å². The second kappa shape index (κ2) is 10.7. The van der Waals surface area contributed by atoms with E-state index in [4.69, 9.17) is 9.40 Å². The summed E-state index contributed by atoms with van der Waals surface area (Å²) in [5.74, 6) is 1.47. The Hall–Kier alpha value is -3.67. The van der Waals surface area contributed by atoms with Crippen LogP contribution in [0.25, 0.3) is 16.6 Å². The van der Waals surface area contributed by atoms with Crippen molar-refractivity contribution in [1.82, 2.24) is 14.5 Å². The lowest BCUT2D eigenvalue weighted by molar-refractivity contribution is -0.135. The van der Waals surface area contributed by atoms with Crippen LogP contribution in [0.1, 0.15) is 63.7 Å². The van der Waals surface area contributed by atoms with Gasteiger partial charge in [-0.1, -0.05) is 52.0 Å². The lowest BCUT2D eigenvalue weighted by Gasteiger charge is -2.32. The second-order valence-corrected chi connectivity index (χ2v) is 9.27. The number of hydrogen-bond acceptors (Lipinski definition) is 4. The summed E-state index contributed by atoms with van der Waals surface area (Å²) >= 11 is 0. The van der Waals surface area contributed by atoms with Gasteiger partial charge in [0.2, 0.25) is 5.91 Å². The molecule has 0 saturated carbocycles. The van der Waals surface area contributed by atoms with Crippen molar-refractivity contribution in [1.29, 1.82) is 0 Å². The molecule has 1 unspecified atom stereocenters. The van der Waals surface area contributed by atoms with E-state index in [0.29, 0.717) is 41.9 Å². The van der Waals surface area contributed by atoms with Crippen LogP contribution in [0.5, 0.6) is 0 Å². The fraction of sp³-hybridized carbons (Fsp3) is 0.345. The maximum Gasteiger partial charge on any atom is 0.266 e. The Kier molecular flexibility index (Phi) is 7.49. The summed E-state index contributed by atoms with van der Waals surface area (Å²) in [6.07, 6.45) is 3.53. The maximum atomic E-state index is 13.8. The number of amides is 1. The molecule has 0 radical (unpaired) electrons. The standard InChI is InChI=1S/C29H33N3O3/c1-5-21-13-15-22(16-14-21)32-28(30-25-12-8-7-11-24(25)29(32)34)26(6-2)31(27(33)18-20(3)4)19-23-10-9-17-35-23/h7-17,20,26H,5-6,18-19H2,1-4H3. The first-order valence-corrected chi connectivity index (χ1v) is 12.4. The molecule has 1 amide bonds. The van der Waals surface area contributed by atoms with E-state index in [1.807, 2.05) is 80.3 Å². The summed E-state index contributed by atoms with van der Waals surface area (Å²) in [6.45, 7) is 8.50. The highest BCUT2D eigenvalue weighted by Crippen LogP contribution is 2.29. The molecule has 0 spiro atoms. The number of carbonyl (C=O) groups is 1. The summed E-state index contributed by atoms with van der Waals surface area (Å²) in [6, 6.07) is 18.6. The number of aromatic nitrogens is 2. The Labute approximate surface area is 206 Å². The third kappa shape index (κ3) is 5.21. The summed E-state index contributed by atoms with van der Waals surface area (Å²) < 4.78 is 7.28. The van der Waals surface area contributed by atoms with Crippen LogP contribution in [0.3, 0.4) is 0 Å². The number of fused-ring (bicyclic) bond motifs is 1. The number of nitrogens with zero attached hydrogens (tertiary/aromatic N) is 3. The van der Waals surface area contributed by atoms with E-state index in [-0.39, 0.29) is 17.4 Å². The minimum absolute atomic E-state index is 0.0125. The number of benzene rings is 2. The zero-order chi connectivity index (χ0) is 24.9. The van der Waals surface area contributed by atoms with Crippen LogP contribution >= 0.6 is 0 Å². The monoisotopic (exact) mass is 471 g/mol. The van der Waals surface area contributed by atoms with Gasteiger partial charge in [0, 0.05) is 6.42 Å². The van der Waals surface area contributed by atoms with Crippen LogP contribution in [0.4, 0.5) is 0 Å². The van der Waals surface area contributed by atoms with Crippen molar-refractivity contribution >= 4 is 16.8 Å². The Morgan fingerprint density at radius 2 is 1.77 bits per heavy atom.